The van der Waals surface area contributed by atoms with Crippen LogP contribution in [0.3, 0.4) is 0 Å². The van der Waals surface area contributed by atoms with Crippen molar-refractivity contribution in [3.8, 4) is 0 Å². The average Bonchev–Trinajstić information content (AvgIpc) is 2.67. The number of amides is 2. The van der Waals surface area contributed by atoms with E-state index in [1.165, 1.54) is 12.1 Å². The molecule has 29 heavy (non-hydrogen) atoms. The van der Waals surface area contributed by atoms with Crippen molar-refractivity contribution in [2.45, 2.75) is 49.7 Å². The van der Waals surface area contributed by atoms with Crippen LogP contribution < -0.4 is 10.6 Å². The van der Waals surface area contributed by atoms with Gasteiger partial charge in [0.25, 0.3) is 5.91 Å². The fraction of sp³-hybridized carbons (Fsp3) is 0.500. The highest BCUT2D eigenvalue weighted by molar-refractivity contribution is 5.94. The van der Waals surface area contributed by atoms with Crippen LogP contribution in [0, 0.1) is 0 Å². The molecule has 160 valence electrons. The molecule has 1 saturated heterocycles. The van der Waals surface area contributed by atoms with Gasteiger partial charge in [0, 0.05) is 19.0 Å². The molecule has 1 fully saturated rings. The van der Waals surface area contributed by atoms with Gasteiger partial charge in [0.15, 0.2) is 0 Å². The zero-order valence-corrected chi connectivity index (χ0v) is 15.4. The van der Waals surface area contributed by atoms with Crippen LogP contribution in [-0.2, 0) is 14.3 Å². The van der Waals surface area contributed by atoms with Gasteiger partial charge >= 0.3 is 11.8 Å². The van der Waals surface area contributed by atoms with Crippen molar-refractivity contribution in [1.82, 2.24) is 10.6 Å². The van der Waals surface area contributed by atoms with Crippen molar-refractivity contribution >= 4 is 17.8 Å². The number of aliphatic carboxylic acids is 1. The van der Waals surface area contributed by atoms with Gasteiger partial charge in [0.1, 0.15) is 18.4 Å². The molecule has 1 aliphatic heterocycles. The zero-order valence-electron chi connectivity index (χ0n) is 15.4. The number of aliphatic hydroxyl groups is 2. The summed E-state index contributed by atoms with van der Waals surface area (Å²) in [5, 5.41) is 33.9. The van der Waals surface area contributed by atoms with Crippen molar-refractivity contribution in [3.63, 3.8) is 0 Å². The Morgan fingerprint density at radius 2 is 1.90 bits per heavy atom. The van der Waals surface area contributed by atoms with E-state index in [4.69, 9.17) is 9.84 Å². The van der Waals surface area contributed by atoms with Crippen molar-refractivity contribution in [2.24, 2.45) is 0 Å². The molecule has 0 radical (unpaired) electrons. The molecule has 11 heteroatoms. The van der Waals surface area contributed by atoms with E-state index < -0.39 is 67.1 Å². The van der Waals surface area contributed by atoms with Crippen LogP contribution in [0.25, 0.3) is 0 Å². The first-order valence-electron chi connectivity index (χ1n) is 8.76. The van der Waals surface area contributed by atoms with Crippen molar-refractivity contribution in [3.05, 3.63) is 35.9 Å². The second-order valence-corrected chi connectivity index (χ2v) is 6.70. The molecule has 0 unspecified atom stereocenters. The molecular formula is C18H22F2N2O7. The van der Waals surface area contributed by atoms with E-state index in [0.717, 1.165) is 6.92 Å². The van der Waals surface area contributed by atoms with Gasteiger partial charge in [0.05, 0.1) is 18.6 Å². The third kappa shape index (κ3) is 5.46. The number of carboxylic acids is 1. The largest absolute Gasteiger partial charge is 0.477 e. The summed E-state index contributed by atoms with van der Waals surface area (Å²) in [6, 6.07) is 6.33. The van der Waals surface area contributed by atoms with Crippen molar-refractivity contribution < 1.29 is 43.2 Å². The Bertz CT molecular complexity index is 751. The summed E-state index contributed by atoms with van der Waals surface area (Å²) in [7, 11) is 0. The number of carbonyl (C=O) groups is 3. The minimum absolute atomic E-state index is 0.275. The molecule has 2 amide bonds. The van der Waals surface area contributed by atoms with Gasteiger partial charge in [-0.15, -0.1) is 0 Å². The lowest BCUT2D eigenvalue weighted by atomic mass is 9.90. The van der Waals surface area contributed by atoms with Crippen molar-refractivity contribution in [1.29, 1.82) is 0 Å². The Kier molecular flexibility index (Phi) is 7.22. The molecule has 9 nitrogen and oxygen atoms in total. The van der Waals surface area contributed by atoms with Gasteiger partial charge in [-0.05, 0) is 12.1 Å². The van der Waals surface area contributed by atoms with Crippen LogP contribution in [0.5, 0.6) is 0 Å². The second kappa shape index (κ2) is 9.25. The number of benzene rings is 1. The molecule has 0 aliphatic carbocycles. The monoisotopic (exact) mass is 416 g/mol. The number of hydrogen-bond acceptors (Lipinski definition) is 6. The topological polar surface area (TPSA) is 145 Å². The Morgan fingerprint density at radius 3 is 2.45 bits per heavy atom. The number of carboxylic acid groups (broad SMARTS) is 1. The molecular weight excluding hydrogens is 394 g/mol. The number of halogens is 2. The van der Waals surface area contributed by atoms with Crippen molar-refractivity contribution in [2.75, 3.05) is 6.54 Å². The predicted octanol–water partition coefficient (Wildman–Crippen LogP) is -0.480. The van der Waals surface area contributed by atoms with Crippen LogP contribution in [-0.4, -0.2) is 76.0 Å². The molecule has 0 spiro atoms. The Labute approximate surface area is 164 Å². The minimum Gasteiger partial charge on any atom is -0.477 e. The van der Waals surface area contributed by atoms with Crippen LogP contribution in [0.2, 0.25) is 0 Å². The first-order valence-corrected chi connectivity index (χ1v) is 8.76. The third-order valence-electron chi connectivity index (χ3n) is 4.45. The normalized spacial score (nSPS) is 28.8. The summed E-state index contributed by atoms with van der Waals surface area (Å²) in [5.41, 5.74) is 0.275. The van der Waals surface area contributed by atoms with Gasteiger partial charge in [-0.25, -0.2) is 9.18 Å². The molecule has 0 aromatic heterocycles. The zero-order chi connectivity index (χ0) is 21.8. The Balaban J connectivity index is 2.12. The standard InChI is InChI=1S/C18H22F2N2O7/c1-9(23)22-13-11(19)7-18(20,17(27)28)29-15(13)14(25)12(24)8-21-16(26)10-5-3-2-4-6-10/h2-6,11-15,24-25H,7-8H2,1H3,(H,21,26)(H,22,23)(H,27,28)/t11-,12+,13+,14+,15+,18+/m0/s1. The molecule has 0 bridgehead atoms. The minimum atomic E-state index is -3.45. The van der Waals surface area contributed by atoms with Crippen LogP contribution in [0.15, 0.2) is 30.3 Å². The summed E-state index contributed by atoms with van der Waals surface area (Å²) >= 11 is 0. The van der Waals surface area contributed by atoms with E-state index in [9.17, 15) is 33.4 Å². The van der Waals surface area contributed by atoms with E-state index in [-0.39, 0.29) is 5.56 Å². The van der Waals surface area contributed by atoms with Gasteiger partial charge in [-0.2, -0.15) is 4.39 Å². The molecule has 1 aromatic carbocycles. The van der Waals surface area contributed by atoms with Gasteiger partial charge in [-0.1, -0.05) is 18.2 Å². The van der Waals surface area contributed by atoms with Gasteiger partial charge < -0.3 is 30.7 Å². The highest BCUT2D eigenvalue weighted by Gasteiger charge is 2.56. The fourth-order valence-corrected chi connectivity index (χ4v) is 2.98. The lowest BCUT2D eigenvalue weighted by molar-refractivity contribution is -0.260. The fourth-order valence-electron chi connectivity index (χ4n) is 2.98. The molecule has 0 saturated carbocycles. The molecule has 1 aliphatic rings. The average molecular weight is 416 g/mol. The second-order valence-electron chi connectivity index (χ2n) is 6.70. The SMILES string of the molecule is CC(=O)N[C@H]1[C@H]([C@H](O)[C@H](O)CNC(=O)c2ccccc2)O[C@@](F)(C(=O)O)C[C@@H]1F. The first kappa shape index (κ1) is 22.7. The Hall–Kier alpha value is -2.63. The predicted molar refractivity (Wildman–Crippen MR) is 94.3 cm³/mol. The van der Waals surface area contributed by atoms with Gasteiger partial charge in [0.2, 0.25) is 5.91 Å². The summed E-state index contributed by atoms with van der Waals surface area (Å²) in [6.45, 7) is 0.520. The number of nitrogens with one attached hydrogen (secondary N) is 2. The maximum absolute atomic E-state index is 14.4. The number of ether oxygens (including phenoxy) is 1. The molecule has 1 heterocycles. The summed E-state index contributed by atoms with van der Waals surface area (Å²) in [6.07, 6.45) is -9.13. The smallest absolute Gasteiger partial charge is 0.369 e. The van der Waals surface area contributed by atoms with E-state index in [1.807, 2.05) is 0 Å². The lowest BCUT2D eigenvalue weighted by Crippen LogP contribution is -2.65. The summed E-state index contributed by atoms with van der Waals surface area (Å²) in [4.78, 5) is 34.4. The van der Waals surface area contributed by atoms with E-state index >= 15 is 0 Å². The molecule has 6 atom stereocenters. The highest BCUT2D eigenvalue weighted by atomic mass is 19.2. The Morgan fingerprint density at radius 1 is 1.28 bits per heavy atom. The van der Waals surface area contributed by atoms with Crippen LogP contribution >= 0.6 is 0 Å². The van der Waals surface area contributed by atoms with Crippen LogP contribution in [0.4, 0.5) is 8.78 Å². The summed E-state index contributed by atoms with van der Waals surface area (Å²) in [5.74, 6) is -6.86. The van der Waals surface area contributed by atoms with E-state index in [0.29, 0.717) is 0 Å². The molecule has 5 N–H and O–H groups in total. The van der Waals surface area contributed by atoms with Crippen LogP contribution in [0.1, 0.15) is 23.7 Å². The maximum atomic E-state index is 14.4. The number of rotatable bonds is 7. The number of alkyl halides is 2. The molecule has 2 rings (SSSR count). The highest BCUT2D eigenvalue weighted by Crippen LogP contribution is 2.34. The van der Waals surface area contributed by atoms with E-state index in [2.05, 4.69) is 10.6 Å². The third-order valence-corrected chi connectivity index (χ3v) is 4.45. The maximum Gasteiger partial charge on any atom is 0.369 e. The number of hydrogen-bond donors (Lipinski definition) is 5. The quantitative estimate of drug-likeness (QED) is 0.404. The number of aliphatic hydroxyl groups excluding tert-OH is 2. The van der Waals surface area contributed by atoms with Gasteiger partial charge in [-0.3, -0.25) is 9.59 Å². The molecule has 1 aromatic rings. The first-order chi connectivity index (χ1) is 13.5. The lowest BCUT2D eigenvalue weighted by Gasteiger charge is -2.42. The summed E-state index contributed by atoms with van der Waals surface area (Å²) < 4.78 is 33.6. The van der Waals surface area contributed by atoms with E-state index in [1.54, 1.807) is 18.2 Å². The number of carbonyl (C=O) groups excluding carboxylic acids is 2.